The first kappa shape index (κ1) is 6.53. The van der Waals surface area contributed by atoms with Crippen LogP contribution in [0.2, 0.25) is 0 Å². The fraction of sp³-hybridized carbons (Fsp3) is 0. The summed E-state index contributed by atoms with van der Waals surface area (Å²) in [5.74, 6) is 5.55. The van der Waals surface area contributed by atoms with E-state index in [1.165, 1.54) is 11.0 Å². The maximum absolute atomic E-state index is 5.55. The van der Waals surface area contributed by atoms with Gasteiger partial charge in [-0.25, -0.2) is 9.66 Å². The third-order valence-corrected chi connectivity index (χ3v) is 1.86. The number of rotatable bonds is 0. The van der Waals surface area contributed by atoms with Crippen molar-refractivity contribution >= 4 is 15.9 Å². The van der Waals surface area contributed by atoms with Crippen LogP contribution in [0, 0.1) is 0 Å². The molecule has 2 aliphatic rings. The van der Waals surface area contributed by atoms with Crippen molar-refractivity contribution < 1.29 is 0 Å². The van der Waals surface area contributed by atoms with Crippen molar-refractivity contribution in [2.75, 3.05) is 5.84 Å². The monoisotopic (exact) mass is 213 g/mol. The Hall–Kier alpha value is -1.17. The van der Waals surface area contributed by atoms with Gasteiger partial charge in [0.15, 0.2) is 4.60 Å². The van der Waals surface area contributed by atoms with Crippen molar-refractivity contribution in [2.45, 2.75) is 0 Å². The average Bonchev–Trinajstić information content (AvgIpc) is 2.34. The number of nitrogens with zero attached hydrogens (tertiary/aromatic N) is 4. The van der Waals surface area contributed by atoms with Crippen molar-refractivity contribution in [3.63, 3.8) is 0 Å². The van der Waals surface area contributed by atoms with Gasteiger partial charge in [-0.3, -0.25) is 0 Å². The van der Waals surface area contributed by atoms with E-state index in [4.69, 9.17) is 5.84 Å². The standard InChI is InChI=1S/C5H4BrN5/c6-5-4-3(9-10-5)1-8-2-11(4)7/h1-2H,7H2. The molecule has 11 heavy (non-hydrogen) atoms. The molecule has 0 fully saturated rings. The SMILES string of the molecule is Nn1cncc2nnc(Br)c1-2. The van der Waals surface area contributed by atoms with E-state index in [0.717, 1.165) is 5.69 Å². The maximum Gasteiger partial charge on any atom is 0.156 e. The van der Waals surface area contributed by atoms with Crippen molar-refractivity contribution in [1.82, 2.24) is 19.9 Å². The van der Waals surface area contributed by atoms with Gasteiger partial charge in [0, 0.05) is 0 Å². The molecule has 0 radical (unpaired) electrons. The molecule has 0 unspecified atom stereocenters. The summed E-state index contributed by atoms with van der Waals surface area (Å²) in [4.78, 5) is 3.84. The highest BCUT2D eigenvalue weighted by Gasteiger charge is 2.13. The molecule has 0 amide bonds. The molecule has 6 heteroatoms. The van der Waals surface area contributed by atoms with Gasteiger partial charge in [0.05, 0.1) is 6.20 Å². The minimum absolute atomic E-state index is 0.636. The molecule has 2 heterocycles. The summed E-state index contributed by atoms with van der Waals surface area (Å²) in [6.07, 6.45) is 3.10. The van der Waals surface area contributed by atoms with E-state index >= 15 is 0 Å². The summed E-state index contributed by atoms with van der Waals surface area (Å²) in [6.45, 7) is 0. The predicted molar refractivity (Wildman–Crippen MR) is 42.3 cm³/mol. The number of fused-ring (bicyclic) bond motifs is 1. The van der Waals surface area contributed by atoms with E-state index in [0.29, 0.717) is 10.3 Å². The Kier molecular flexibility index (Phi) is 1.28. The van der Waals surface area contributed by atoms with E-state index < -0.39 is 0 Å². The second-order valence-corrected chi connectivity index (χ2v) is 2.78. The van der Waals surface area contributed by atoms with Crippen molar-refractivity contribution in [2.24, 2.45) is 0 Å². The summed E-state index contributed by atoms with van der Waals surface area (Å²) in [5.41, 5.74) is 1.43. The third kappa shape index (κ3) is 0.864. The second kappa shape index (κ2) is 2.16. The molecular formula is C5H4BrN5. The van der Waals surface area contributed by atoms with Gasteiger partial charge < -0.3 is 5.84 Å². The van der Waals surface area contributed by atoms with E-state index in [9.17, 15) is 0 Å². The van der Waals surface area contributed by atoms with Crippen LogP contribution < -0.4 is 5.84 Å². The molecule has 5 nitrogen and oxygen atoms in total. The Labute approximate surface area is 70.7 Å². The van der Waals surface area contributed by atoms with Crippen LogP contribution in [-0.4, -0.2) is 19.9 Å². The zero-order chi connectivity index (χ0) is 7.84. The first-order chi connectivity index (χ1) is 5.29. The van der Waals surface area contributed by atoms with Gasteiger partial charge in [-0.1, -0.05) is 0 Å². The third-order valence-electron chi connectivity index (χ3n) is 1.33. The molecule has 0 aromatic heterocycles. The smallest absolute Gasteiger partial charge is 0.156 e. The first-order valence-corrected chi connectivity index (χ1v) is 3.67. The molecule has 0 atom stereocenters. The number of hydrogen-bond donors (Lipinski definition) is 1. The first-order valence-electron chi connectivity index (χ1n) is 2.88. The topological polar surface area (TPSA) is 69.6 Å². The molecule has 0 spiro atoms. The van der Waals surface area contributed by atoms with Gasteiger partial charge in [0.1, 0.15) is 17.7 Å². The quantitative estimate of drug-likeness (QED) is 0.638. The zero-order valence-electron chi connectivity index (χ0n) is 5.40. The highest BCUT2D eigenvalue weighted by atomic mass is 79.9. The fourth-order valence-electron chi connectivity index (χ4n) is 0.857. The van der Waals surface area contributed by atoms with Crippen LogP contribution in [0.1, 0.15) is 0 Å². The van der Waals surface area contributed by atoms with Crippen molar-refractivity contribution in [3.8, 4) is 11.4 Å². The molecule has 0 saturated carbocycles. The van der Waals surface area contributed by atoms with Crippen LogP contribution >= 0.6 is 15.9 Å². The van der Waals surface area contributed by atoms with Crippen LogP contribution in [-0.2, 0) is 0 Å². The summed E-state index contributed by atoms with van der Waals surface area (Å²) >= 11 is 3.22. The van der Waals surface area contributed by atoms with E-state index in [-0.39, 0.29) is 0 Å². The minimum atomic E-state index is 0.636. The number of hydrogen-bond acceptors (Lipinski definition) is 4. The molecule has 0 aliphatic carbocycles. The largest absolute Gasteiger partial charge is 0.338 e. The van der Waals surface area contributed by atoms with Gasteiger partial charge in [-0.2, -0.15) is 0 Å². The van der Waals surface area contributed by atoms with Crippen LogP contribution in [0.3, 0.4) is 0 Å². The lowest BCUT2D eigenvalue weighted by atomic mass is 10.4. The lowest BCUT2D eigenvalue weighted by Crippen LogP contribution is -2.12. The number of halogens is 1. The van der Waals surface area contributed by atoms with Gasteiger partial charge >= 0.3 is 0 Å². The molecule has 2 N–H and O–H groups in total. The molecule has 2 aliphatic heterocycles. The number of nitrogens with two attached hydrogens (primary N) is 1. The average molecular weight is 214 g/mol. The zero-order valence-corrected chi connectivity index (χ0v) is 6.98. The van der Waals surface area contributed by atoms with Crippen LogP contribution in [0.15, 0.2) is 17.1 Å². The van der Waals surface area contributed by atoms with Gasteiger partial charge in [-0.05, 0) is 15.9 Å². The Bertz CT molecular complexity index is 356. The van der Waals surface area contributed by atoms with Gasteiger partial charge in [0.2, 0.25) is 0 Å². The van der Waals surface area contributed by atoms with Crippen LogP contribution in [0.4, 0.5) is 0 Å². The molecule has 0 bridgehead atoms. The van der Waals surface area contributed by atoms with Crippen molar-refractivity contribution in [3.05, 3.63) is 17.1 Å². The van der Waals surface area contributed by atoms with Crippen LogP contribution in [0.5, 0.6) is 0 Å². The van der Waals surface area contributed by atoms with E-state index in [1.807, 2.05) is 0 Å². The minimum Gasteiger partial charge on any atom is -0.338 e. The Morgan fingerprint density at radius 2 is 2.27 bits per heavy atom. The lowest BCUT2D eigenvalue weighted by Gasteiger charge is -2.02. The Morgan fingerprint density at radius 3 is 3.00 bits per heavy atom. The summed E-state index contributed by atoms with van der Waals surface area (Å²) in [6, 6.07) is 0. The van der Waals surface area contributed by atoms with Crippen molar-refractivity contribution in [1.29, 1.82) is 0 Å². The number of aromatic nitrogens is 4. The normalized spacial score (nSPS) is 10.6. The molecule has 2 rings (SSSR count). The second-order valence-electron chi connectivity index (χ2n) is 2.03. The summed E-state index contributed by atoms with van der Waals surface area (Å²) in [7, 11) is 0. The highest BCUT2D eigenvalue weighted by molar-refractivity contribution is 9.10. The summed E-state index contributed by atoms with van der Waals surface area (Å²) < 4.78 is 2.01. The maximum atomic E-state index is 5.55. The lowest BCUT2D eigenvalue weighted by molar-refractivity contribution is 0.937. The Balaban J connectivity index is 2.82. The molecule has 56 valence electrons. The fourth-order valence-corrected chi connectivity index (χ4v) is 1.34. The van der Waals surface area contributed by atoms with E-state index in [2.05, 4.69) is 31.1 Å². The molecular weight excluding hydrogens is 210 g/mol. The molecule has 0 saturated heterocycles. The predicted octanol–water partition coefficient (Wildman–Crippen LogP) is 0.254. The number of nitrogen functional groups attached to an aromatic ring is 1. The molecule has 0 aromatic carbocycles. The Morgan fingerprint density at radius 1 is 1.45 bits per heavy atom. The van der Waals surface area contributed by atoms with Crippen LogP contribution in [0.25, 0.3) is 11.4 Å². The van der Waals surface area contributed by atoms with Gasteiger partial charge in [-0.15, -0.1) is 10.2 Å². The molecule has 0 aromatic rings. The van der Waals surface area contributed by atoms with E-state index in [1.54, 1.807) is 6.20 Å². The summed E-state index contributed by atoms with van der Waals surface area (Å²) in [5, 5.41) is 7.60. The van der Waals surface area contributed by atoms with Gasteiger partial charge in [0.25, 0.3) is 0 Å². The highest BCUT2D eigenvalue weighted by Crippen LogP contribution is 2.23.